The number of carbonyl (C=O) groups is 1. The van der Waals surface area contributed by atoms with Crippen LogP contribution >= 0.6 is 28.1 Å². The average molecular weight is 329 g/mol. The first kappa shape index (κ1) is 13.3. The molecule has 1 heterocycles. The Labute approximate surface area is 119 Å². The van der Waals surface area contributed by atoms with Gasteiger partial charge in [-0.05, 0) is 36.3 Å². The van der Waals surface area contributed by atoms with Crippen molar-refractivity contribution >= 4 is 50.5 Å². The number of carbonyl (C=O) groups excluding carboxylic acids is 1. The number of anilines is 2. The molecule has 0 bridgehead atoms. The molecule has 1 aromatic rings. The Morgan fingerprint density at radius 1 is 1.56 bits per heavy atom. The van der Waals surface area contributed by atoms with Gasteiger partial charge in [-0.25, -0.2) is 5.84 Å². The van der Waals surface area contributed by atoms with Gasteiger partial charge in [-0.3, -0.25) is 4.79 Å². The molecule has 0 spiro atoms. The van der Waals surface area contributed by atoms with Crippen molar-refractivity contribution in [1.29, 1.82) is 0 Å². The number of rotatable bonds is 1. The van der Waals surface area contributed by atoms with E-state index in [4.69, 9.17) is 18.1 Å². The fraction of sp³-hybridized carbons (Fsp3) is 0.273. The van der Waals surface area contributed by atoms with Crippen LogP contribution in [0.3, 0.4) is 0 Å². The Bertz CT molecular complexity index is 520. The molecule has 96 valence electrons. The van der Waals surface area contributed by atoms with E-state index < -0.39 is 0 Å². The summed E-state index contributed by atoms with van der Waals surface area (Å²) >= 11 is 8.44. The van der Waals surface area contributed by atoms with Gasteiger partial charge in [-0.15, -0.1) is 0 Å². The van der Waals surface area contributed by atoms with Crippen molar-refractivity contribution in [2.75, 3.05) is 16.8 Å². The van der Waals surface area contributed by atoms with E-state index in [0.29, 0.717) is 11.7 Å². The lowest BCUT2D eigenvalue weighted by atomic mass is 10.1. The van der Waals surface area contributed by atoms with Crippen molar-refractivity contribution in [3.63, 3.8) is 0 Å². The summed E-state index contributed by atoms with van der Waals surface area (Å²) in [5.74, 6) is 5.27. The number of nitrogens with zero attached hydrogens (tertiary/aromatic N) is 1. The fourth-order valence-corrected chi connectivity index (χ4v) is 2.69. The number of benzene rings is 1. The number of hydrazine groups is 1. The highest BCUT2D eigenvalue weighted by Crippen LogP contribution is 2.38. The average Bonchev–Trinajstić information content (AvgIpc) is 2.72. The molecule has 0 unspecified atom stereocenters. The van der Waals surface area contributed by atoms with Crippen LogP contribution in [0.25, 0.3) is 0 Å². The Morgan fingerprint density at radius 2 is 2.28 bits per heavy atom. The standard InChI is InChI=1S/C11H13BrN4OS/c1-6(17)16-3-2-7-4-8(12)5-9(10(7)16)14-11(18)15-13/h4-5H,2-3,13H2,1H3,(H2,14,15,18). The lowest BCUT2D eigenvalue weighted by molar-refractivity contribution is -0.116. The van der Waals surface area contributed by atoms with Gasteiger partial charge in [-0.1, -0.05) is 15.9 Å². The smallest absolute Gasteiger partial charge is 0.223 e. The molecule has 2 rings (SSSR count). The van der Waals surface area contributed by atoms with Crippen LogP contribution in [0.15, 0.2) is 16.6 Å². The van der Waals surface area contributed by atoms with Crippen LogP contribution in [0.4, 0.5) is 11.4 Å². The van der Waals surface area contributed by atoms with Crippen LogP contribution in [0.5, 0.6) is 0 Å². The van der Waals surface area contributed by atoms with Gasteiger partial charge in [0.1, 0.15) is 0 Å². The van der Waals surface area contributed by atoms with Crippen LogP contribution in [0.1, 0.15) is 12.5 Å². The second-order valence-corrected chi connectivity index (χ2v) is 5.30. The van der Waals surface area contributed by atoms with Crippen LogP contribution in [0, 0.1) is 0 Å². The summed E-state index contributed by atoms with van der Waals surface area (Å²) < 4.78 is 0.939. The van der Waals surface area contributed by atoms with E-state index in [1.165, 1.54) is 0 Å². The lowest BCUT2D eigenvalue weighted by Crippen LogP contribution is -2.35. The summed E-state index contributed by atoms with van der Waals surface area (Å²) in [5, 5.41) is 3.30. The van der Waals surface area contributed by atoms with Gasteiger partial charge < -0.3 is 15.6 Å². The zero-order valence-corrected chi connectivity index (χ0v) is 12.2. The maximum atomic E-state index is 11.6. The quantitative estimate of drug-likeness (QED) is 0.414. The molecule has 1 amide bonds. The summed E-state index contributed by atoms with van der Waals surface area (Å²) in [4.78, 5) is 13.4. The van der Waals surface area contributed by atoms with Gasteiger partial charge in [0.25, 0.3) is 0 Å². The van der Waals surface area contributed by atoms with Gasteiger partial charge in [0.15, 0.2) is 5.11 Å². The number of halogens is 1. The predicted octanol–water partition coefficient (Wildman–Crippen LogP) is 1.52. The number of hydrogen-bond acceptors (Lipinski definition) is 3. The third-order valence-corrected chi connectivity index (χ3v) is 3.47. The Kier molecular flexibility index (Phi) is 3.84. The molecular weight excluding hydrogens is 316 g/mol. The second kappa shape index (κ2) is 5.21. The highest BCUT2D eigenvalue weighted by atomic mass is 79.9. The summed E-state index contributed by atoms with van der Waals surface area (Å²) in [6.45, 7) is 2.25. The minimum absolute atomic E-state index is 0.0192. The highest BCUT2D eigenvalue weighted by Gasteiger charge is 2.26. The fourth-order valence-electron chi connectivity index (χ4n) is 2.08. The third-order valence-electron chi connectivity index (χ3n) is 2.79. The SMILES string of the molecule is CC(=O)N1CCc2cc(Br)cc(NC(=S)NN)c21. The molecular formula is C11H13BrN4OS. The van der Waals surface area contributed by atoms with Crippen molar-refractivity contribution in [2.24, 2.45) is 5.84 Å². The predicted molar refractivity (Wildman–Crippen MR) is 79.4 cm³/mol. The van der Waals surface area contributed by atoms with Crippen molar-refractivity contribution in [1.82, 2.24) is 5.43 Å². The number of nitrogens with two attached hydrogens (primary N) is 1. The van der Waals surface area contributed by atoms with Gasteiger partial charge in [0.2, 0.25) is 5.91 Å². The van der Waals surface area contributed by atoms with Crippen molar-refractivity contribution in [3.05, 3.63) is 22.2 Å². The highest BCUT2D eigenvalue weighted by molar-refractivity contribution is 9.10. The summed E-state index contributed by atoms with van der Waals surface area (Å²) in [5.41, 5.74) is 5.13. The normalized spacial score (nSPS) is 13.2. The van der Waals surface area contributed by atoms with E-state index in [1.807, 2.05) is 12.1 Å². The molecule has 5 nitrogen and oxygen atoms in total. The van der Waals surface area contributed by atoms with Gasteiger partial charge in [-0.2, -0.15) is 0 Å². The molecule has 1 aromatic carbocycles. The lowest BCUT2D eigenvalue weighted by Gasteiger charge is -2.20. The summed E-state index contributed by atoms with van der Waals surface area (Å²) in [6, 6.07) is 3.89. The first-order valence-electron chi connectivity index (χ1n) is 5.41. The van der Waals surface area contributed by atoms with E-state index in [1.54, 1.807) is 11.8 Å². The molecule has 7 heteroatoms. The van der Waals surface area contributed by atoms with Crippen LogP contribution < -0.4 is 21.5 Å². The number of nitrogens with one attached hydrogen (secondary N) is 2. The van der Waals surface area contributed by atoms with Crippen molar-refractivity contribution < 1.29 is 4.79 Å². The molecule has 1 aliphatic heterocycles. The first-order valence-corrected chi connectivity index (χ1v) is 6.61. The van der Waals surface area contributed by atoms with Gasteiger partial charge >= 0.3 is 0 Å². The maximum absolute atomic E-state index is 11.6. The molecule has 0 atom stereocenters. The molecule has 1 aliphatic rings. The number of thiocarbonyl (C=S) groups is 1. The maximum Gasteiger partial charge on any atom is 0.223 e. The Hall–Kier alpha value is -1.18. The monoisotopic (exact) mass is 328 g/mol. The summed E-state index contributed by atoms with van der Waals surface area (Å²) in [6.07, 6.45) is 0.839. The second-order valence-electron chi connectivity index (χ2n) is 3.98. The van der Waals surface area contributed by atoms with E-state index in [0.717, 1.165) is 27.8 Å². The Balaban J connectivity index is 2.46. The molecule has 0 aliphatic carbocycles. The topological polar surface area (TPSA) is 70.4 Å². The van der Waals surface area contributed by atoms with E-state index in [-0.39, 0.29) is 5.91 Å². The van der Waals surface area contributed by atoms with E-state index >= 15 is 0 Å². The van der Waals surface area contributed by atoms with Gasteiger partial charge in [0.05, 0.1) is 11.4 Å². The summed E-state index contributed by atoms with van der Waals surface area (Å²) in [7, 11) is 0. The largest absolute Gasteiger partial charge is 0.330 e. The first-order chi connectivity index (χ1) is 8.52. The van der Waals surface area contributed by atoms with E-state index in [9.17, 15) is 4.79 Å². The Morgan fingerprint density at radius 3 is 2.89 bits per heavy atom. The van der Waals surface area contributed by atoms with Crippen LogP contribution in [-0.4, -0.2) is 17.6 Å². The van der Waals surface area contributed by atoms with Crippen molar-refractivity contribution in [2.45, 2.75) is 13.3 Å². The molecule has 0 saturated carbocycles. The minimum Gasteiger partial charge on any atom is -0.330 e. The van der Waals surface area contributed by atoms with E-state index in [2.05, 4.69) is 26.7 Å². The van der Waals surface area contributed by atoms with Gasteiger partial charge in [0, 0.05) is 17.9 Å². The molecule has 0 radical (unpaired) electrons. The number of fused-ring (bicyclic) bond motifs is 1. The molecule has 0 saturated heterocycles. The zero-order chi connectivity index (χ0) is 13.3. The van der Waals surface area contributed by atoms with Crippen molar-refractivity contribution in [3.8, 4) is 0 Å². The minimum atomic E-state index is 0.0192. The molecule has 4 N–H and O–H groups in total. The number of amides is 1. The van der Waals surface area contributed by atoms with Crippen LogP contribution in [-0.2, 0) is 11.2 Å². The molecule has 18 heavy (non-hydrogen) atoms. The zero-order valence-electron chi connectivity index (χ0n) is 9.79. The van der Waals surface area contributed by atoms with Crippen LogP contribution in [0.2, 0.25) is 0 Å². The molecule has 0 aromatic heterocycles. The molecule has 0 fully saturated rings. The third kappa shape index (κ3) is 2.47. The number of hydrogen-bond donors (Lipinski definition) is 3.